The average molecular weight is 226 g/mol. The van der Waals surface area contributed by atoms with E-state index in [1.807, 2.05) is 12.3 Å². The van der Waals surface area contributed by atoms with Crippen molar-refractivity contribution in [3.8, 4) is 0 Å². The molecule has 1 rings (SSSR count). The second-order valence-corrected chi connectivity index (χ2v) is 3.87. The number of rotatable bonds is 4. The maximum atomic E-state index is 11.4. The first-order chi connectivity index (χ1) is 7.00. The van der Waals surface area contributed by atoms with Gasteiger partial charge in [-0.1, -0.05) is 0 Å². The first-order valence-corrected chi connectivity index (χ1v) is 5.04. The van der Waals surface area contributed by atoms with Crippen molar-refractivity contribution < 1.29 is 14.4 Å². The Hall–Kier alpha value is -1.69. The SMILES string of the molecule is Cc1csc(C(=O)NCC(=O)C(N)=O)c1. The van der Waals surface area contributed by atoms with Crippen molar-refractivity contribution in [2.45, 2.75) is 6.92 Å². The second-order valence-electron chi connectivity index (χ2n) is 2.96. The summed E-state index contributed by atoms with van der Waals surface area (Å²) in [5.74, 6) is -2.23. The van der Waals surface area contributed by atoms with Crippen LogP contribution in [0.2, 0.25) is 0 Å². The van der Waals surface area contributed by atoms with Crippen LogP contribution in [-0.4, -0.2) is 24.1 Å². The molecule has 0 aromatic carbocycles. The van der Waals surface area contributed by atoms with Crippen LogP contribution in [0.15, 0.2) is 11.4 Å². The lowest BCUT2D eigenvalue weighted by molar-refractivity contribution is -0.135. The minimum absolute atomic E-state index is 0.356. The van der Waals surface area contributed by atoms with Gasteiger partial charge in [-0.25, -0.2) is 0 Å². The Balaban J connectivity index is 2.50. The molecule has 0 unspecified atom stereocenters. The van der Waals surface area contributed by atoms with E-state index in [0.717, 1.165) is 5.56 Å². The van der Waals surface area contributed by atoms with Gasteiger partial charge < -0.3 is 11.1 Å². The number of Topliss-reactive ketones (excluding diaryl/α,β-unsaturated/α-hetero) is 1. The number of amides is 2. The summed E-state index contributed by atoms with van der Waals surface area (Å²) in [6.07, 6.45) is 0. The molecular weight excluding hydrogens is 216 g/mol. The van der Waals surface area contributed by atoms with Gasteiger partial charge in [-0.2, -0.15) is 0 Å². The number of nitrogens with two attached hydrogens (primary N) is 1. The van der Waals surface area contributed by atoms with E-state index < -0.39 is 11.7 Å². The summed E-state index contributed by atoms with van der Waals surface area (Å²) < 4.78 is 0. The fraction of sp³-hybridized carbons (Fsp3) is 0.222. The lowest BCUT2D eigenvalue weighted by Crippen LogP contribution is -2.36. The Morgan fingerprint density at radius 3 is 2.60 bits per heavy atom. The van der Waals surface area contributed by atoms with E-state index in [0.29, 0.717) is 4.88 Å². The van der Waals surface area contributed by atoms with Gasteiger partial charge in [-0.05, 0) is 23.9 Å². The highest BCUT2D eigenvalue weighted by atomic mass is 32.1. The number of carbonyl (C=O) groups excluding carboxylic acids is 3. The minimum atomic E-state index is -1.04. The Kier molecular flexibility index (Phi) is 3.56. The molecule has 0 aliphatic rings. The number of aryl methyl sites for hydroxylation is 1. The summed E-state index contributed by atoms with van der Waals surface area (Å²) >= 11 is 1.28. The highest BCUT2D eigenvalue weighted by molar-refractivity contribution is 7.12. The second kappa shape index (κ2) is 4.70. The van der Waals surface area contributed by atoms with E-state index in [1.165, 1.54) is 11.3 Å². The van der Waals surface area contributed by atoms with Crippen molar-refractivity contribution in [2.75, 3.05) is 6.54 Å². The molecule has 0 fully saturated rings. The molecule has 1 heterocycles. The third-order valence-corrected chi connectivity index (χ3v) is 2.69. The molecule has 5 nitrogen and oxygen atoms in total. The number of thiophene rings is 1. The average Bonchev–Trinajstić information content (AvgIpc) is 2.60. The molecule has 0 bridgehead atoms. The largest absolute Gasteiger partial charge is 0.363 e. The zero-order valence-corrected chi connectivity index (χ0v) is 8.89. The predicted molar refractivity (Wildman–Crippen MR) is 55.6 cm³/mol. The van der Waals surface area contributed by atoms with Crippen molar-refractivity contribution in [2.24, 2.45) is 5.73 Å². The van der Waals surface area contributed by atoms with Gasteiger partial charge in [0.1, 0.15) is 0 Å². The van der Waals surface area contributed by atoms with Gasteiger partial charge in [-0.3, -0.25) is 14.4 Å². The van der Waals surface area contributed by atoms with Crippen LogP contribution in [0.5, 0.6) is 0 Å². The molecule has 0 atom stereocenters. The first-order valence-electron chi connectivity index (χ1n) is 4.16. The van der Waals surface area contributed by atoms with Crippen molar-refractivity contribution in [1.82, 2.24) is 5.32 Å². The summed E-state index contributed by atoms with van der Waals surface area (Å²) in [6, 6.07) is 1.70. The summed E-state index contributed by atoms with van der Waals surface area (Å²) in [6.45, 7) is 1.51. The number of nitrogens with one attached hydrogen (secondary N) is 1. The van der Waals surface area contributed by atoms with Gasteiger partial charge in [0.25, 0.3) is 11.8 Å². The molecule has 15 heavy (non-hydrogen) atoms. The zero-order valence-electron chi connectivity index (χ0n) is 8.07. The van der Waals surface area contributed by atoms with Gasteiger partial charge in [0.05, 0.1) is 11.4 Å². The van der Waals surface area contributed by atoms with Crippen molar-refractivity contribution in [3.63, 3.8) is 0 Å². The standard InChI is InChI=1S/C9H10N2O3S/c1-5-2-7(15-4-5)9(14)11-3-6(12)8(10)13/h2,4H,3H2,1H3,(H2,10,13)(H,11,14). The van der Waals surface area contributed by atoms with Crippen LogP contribution in [0, 0.1) is 6.92 Å². The van der Waals surface area contributed by atoms with Crippen molar-refractivity contribution in [1.29, 1.82) is 0 Å². The molecule has 3 N–H and O–H groups in total. The van der Waals surface area contributed by atoms with Gasteiger partial charge >= 0.3 is 0 Å². The van der Waals surface area contributed by atoms with Crippen LogP contribution in [0.3, 0.4) is 0 Å². The van der Waals surface area contributed by atoms with E-state index in [1.54, 1.807) is 6.07 Å². The van der Waals surface area contributed by atoms with E-state index >= 15 is 0 Å². The highest BCUT2D eigenvalue weighted by Gasteiger charge is 2.12. The molecule has 1 aromatic heterocycles. The molecule has 0 saturated carbocycles. The van der Waals surface area contributed by atoms with Crippen LogP contribution >= 0.6 is 11.3 Å². The Bertz CT molecular complexity index is 411. The van der Waals surface area contributed by atoms with Crippen LogP contribution in [0.1, 0.15) is 15.2 Å². The van der Waals surface area contributed by atoms with Crippen molar-refractivity contribution in [3.05, 3.63) is 21.9 Å². The third kappa shape index (κ3) is 3.17. The van der Waals surface area contributed by atoms with Gasteiger partial charge in [0, 0.05) is 0 Å². The number of carbonyl (C=O) groups is 3. The van der Waals surface area contributed by atoms with Crippen molar-refractivity contribution >= 4 is 28.9 Å². The Labute approximate surface area is 90.3 Å². The zero-order chi connectivity index (χ0) is 11.4. The fourth-order valence-corrected chi connectivity index (χ4v) is 1.70. The quantitative estimate of drug-likeness (QED) is 0.699. The predicted octanol–water partition coefficient (Wildman–Crippen LogP) is -0.159. The number of hydrogen-bond donors (Lipinski definition) is 2. The first kappa shape index (κ1) is 11.4. The molecule has 0 saturated heterocycles. The van der Waals surface area contributed by atoms with E-state index in [9.17, 15) is 14.4 Å². The van der Waals surface area contributed by atoms with E-state index in [-0.39, 0.29) is 12.5 Å². The monoisotopic (exact) mass is 226 g/mol. The summed E-state index contributed by atoms with van der Waals surface area (Å²) in [4.78, 5) is 33.1. The Morgan fingerprint density at radius 2 is 2.13 bits per heavy atom. The maximum Gasteiger partial charge on any atom is 0.286 e. The maximum absolute atomic E-state index is 11.4. The van der Waals surface area contributed by atoms with Crippen LogP contribution in [-0.2, 0) is 9.59 Å². The lowest BCUT2D eigenvalue weighted by Gasteiger charge is -1.99. The molecule has 6 heteroatoms. The lowest BCUT2D eigenvalue weighted by atomic mass is 10.3. The molecule has 0 aliphatic heterocycles. The summed E-state index contributed by atoms with van der Waals surface area (Å²) in [5.41, 5.74) is 5.71. The van der Waals surface area contributed by atoms with Crippen LogP contribution in [0.4, 0.5) is 0 Å². The molecule has 80 valence electrons. The highest BCUT2D eigenvalue weighted by Crippen LogP contribution is 2.12. The van der Waals surface area contributed by atoms with E-state index in [2.05, 4.69) is 5.32 Å². The van der Waals surface area contributed by atoms with Crippen LogP contribution < -0.4 is 11.1 Å². The number of ketones is 1. The van der Waals surface area contributed by atoms with Crippen LogP contribution in [0.25, 0.3) is 0 Å². The third-order valence-electron chi connectivity index (χ3n) is 1.64. The molecule has 0 spiro atoms. The molecule has 0 radical (unpaired) electrons. The van der Waals surface area contributed by atoms with E-state index in [4.69, 9.17) is 5.73 Å². The topological polar surface area (TPSA) is 89.3 Å². The number of hydrogen-bond acceptors (Lipinski definition) is 4. The minimum Gasteiger partial charge on any atom is -0.363 e. The fourth-order valence-electron chi connectivity index (χ4n) is 0.885. The molecular formula is C9H10N2O3S. The van der Waals surface area contributed by atoms with Gasteiger partial charge in [0.2, 0.25) is 5.78 Å². The molecule has 0 aliphatic carbocycles. The molecule has 1 aromatic rings. The normalized spacial score (nSPS) is 9.67. The summed E-state index contributed by atoms with van der Waals surface area (Å²) in [5, 5.41) is 4.14. The Morgan fingerprint density at radius 1 is 1.47 bits per heavy atom. The summed E-state index contributed by atoms with van der Waals surface area (Å²) in [7, 11) is 0. The van der Waals surface area contributed by atoms with Gasteiger partial charge in [-0.15, -0.1) is 11.3 Å². The molecule has 2 amide bonds. The van der Waals surface area contributed by atoms with Gasteiger partial charge in [0.15, 0.2) is 0 Å². The smallest absolute Gasteiger partial charge is 0.286 e. The number of primary amides is 1.